The van der Waals surface area contributed by atoms with Crippen LogP contribution in [0.3, 0.4) is 0 Å². The smallest absolute Gasteiger partial charge is 0.264 e. The molecule has 1 atom stereocenters. The number of piperazine rings is 1. The van der Waals surface area contributed by atoms with Gasteiger partial charge in [0.15, 0.2) is 0 Å². The monoisotopic (exact) mass is 526 g/mol. The molecule has 0 bridgehead atoms. The molecule has 0 aliphatic carbocycles. The Bertz CT molecular complexity index is 1520. The average Bonchev–Trinajstić information content (AvgIpc) is 3.51. The van der Waals surface area contributed by atoms with Crippen molar-refractivity contribution in [2.24, 2.45) is 0 Å². The fourth-order valence-electron chi connectivity index (χ4n) is 5.13. The number of benzene rings is 3. The van der Waals surface area contributed by atoms with E-state index in [4.69, 9.17) is 16.7 Å². The quantitative estimate of drug-likeness (QED) is 0.259. The second-order valence-electron chi connectivity index (χ2n) is 9.36. The van der Waals surface area contributed by atoms with Crippen molar-refractivity contribution in [3.63, 3.8) is 0 Å². The van der Waals surface area contributed by atoms with Crippen molar-refractivity contribution in [1.29, 1.82) is 0 Å². The van der Waals surface area contributed by atoms with Gasteiger partial charge in [-0.25, -0.2) is 4.68 Å². The van der Waals surface area contributed by atoms with Gasteiger partial charge in [-0.15, -0.1) is 11.3 Å². The standard InChI is InChI=1S/C30H27ClN4OS/c1-21-26-20-27(37-30(26)35(32-21)25-10-6-3-7-11-25)29(36)34-18-16-33(17-19-34)28(22-8-4-2-5-9-22)23-12-14-24(31)15-13-23/h2-15,20,28H,16-19H2,1H3. The minimum Gasteiger partial charge on any atom is -0.335 e. The zero-order chi connectivity index (χ0) is 25.4. The zero-order valence-corrected chi connectivity index (χ0v) is 22.1. The minimum absolute atomic E-state index is 0.0996. The maximum atomic E-state index is 13.6. The number of amides is 1. The van der Waals surface area contributed by atoms with Crippen molar-refractivity contribution in [3.8, 4) is 5.69 Å². The molecule has 2 aromatic heterocycles. The van der Waals surface area contributed by atoms with Gasteiger partial charge in [0.05, 0.1) is 22.3 Å². The lowest BCUT2D eigenvalue weighted by atomic mass is 9.96. The van der Waals surface area contributed by atoms with E-state index in [2.05, 4.69) is 41.3 Å². The molecule has 7 heteroatoms. The summed E-state index contributed by atoms with van der Waals surface area (Å²) in [5.74, 6) is 0.0996. The van der Waals surface area contributed by atoms with Crippen LogP contribution in [0.5, 0.6) is 0 Å². The molecular weight excluding hydrogens is 500 g/mol. The number of rotatable bonds is 5. The zero-order valence-electron chi connectivity index (χ0n) is 20.5. The summed E-state index contributed by atoms with van der Waals surface area (Å²) in [7, 11) is 0. The first-order valence-electron chi connectivity index (χ1n) is 12.5. The van der Waals surface area contributed by atoms with Crippen molar-refractivity contribution in [1.82, 2.24) is 19.6 Å². The molecule has 1 fully saturated rings. The lowest BCUT2D eigenvalue weighted by Crippen LogP contribution is -2.49. The third-order valence-electron chi connectivity index (χ3n) is 7.02. The van der Waals surface area contributed by atoms with Gasteiger partial charge < -0.3 is 4.90 Å². The number of halogens is 1. The Morgan fingerprint density at radius 2 is 1.49 bits per heavy atom. The van der Waals surface area contributed by atoms with Gasteiger partial charge in [-0.1, -0.05) is 72.3 Å². The lowest BCUT2D eigenvalue weighted by Gasteiger charge is -2.39. The number of para-hydroxylation sites is 1. The molecule has 1 saturated heterocycles. The summed E-state index contributed by atoms with van der Waals surface area (Å²) in [4.78, 5) is 19.8. The van der Waals surface area contributed by atoms with Crippen molar-refractivity contribution in [2.45, 2.75) is 13.0 Å². The maximum absolute atomic E-state index is 13.6. The predicted molar refractivity (Wildman–Crippen MR) is 151 cm³/mol. The van der Waals surface area contributed by atoms with Gasteiger partial charge in [0.1, 0.15) is 4.83 Å². The number of carbonyl (C=O) groups excluding carboxylic acids is 1. The van der Waals surface area contributed by atoms with Crippen LogP contribution in [-0.2, 0) is 0 Å². The fraction of sp³-hybridized carbons (Fsp3) is 0.200. The SMILES string of the molecule is Cc1nn(-c2ccccc2)c2sc(C(=O)N3CCN(C(c4ccccc4)c4ccc(Cl)cc4)CC3)cc12. The van der Waals surface area contributed by atoms with E-state index < -0.39 is 0 Å². The van der Waals surface area contributed by atoms with E-state index in [-0.39, 0.29) is 11.9 Å². The van der Waals surface area contributed by atoms with Crippen LogP contribution >= 0.6 is 22.9 Å². The van der Waals surface area contributed by atoms with Crippen LogP contribution in [0.25, 0.3) is 15.9 Å². The lowest BCUT2D eigenvalue weighted by molar-refractivity contribution is 0.0602. The molecule has 3 heterocycles. The van der Waals surface area contributed by atoms with Crippen molar-refractivity contribution >= 4 is 39.1 Å². The maximum Gasteiger partial charge on any atom is 0.264 e. The Morgan fingerprint density at radius 3 is 2.16 bits per heavy atom. The van der Waals surface area contributed by atoms with E-state index in [0.717, 1.165) is 44.6 Å². The summed E-state index contributed by atoms with van der Waals surface area (Å²) < 4.78 is 1.95. The predicted octanol–water partition coefficient (Wildman–Crippen LogP) is 6.60. The Hall–Kier alpha value is -3.45. The van der Waals surface area contributed by atoms with Gasteiger partial charge in [-0.05, 0) is 48.4 Å². The Morgan fingerprint density at radius 1 is 0.865 bits per heavy atom. The Balaban J connectivity index is 1.22. The molecule has 0 radical (unpaired) electrons. The molecule has 186 valence electrons. The first-order chi connectivity index (χ1) is 18.1. The number of nitrogens with zero attached hydrogens (tertiary/aromatic N) is 4. The summed E-state index contributed by atoms with van der Waals surface area (Å²) in [6.45, 7) is 4.98. The summed E-state index contributed by atoms with van der Waals surface area (Å²) in [6, 6.07) is 30.9. The first kappa shape index (κ1) is 23.9. The van der Waals surface area contributed by atoms with Crippen LogP contribution in [0.1, 0.15) is 32.5 Å². The minimum atomic E-state index is 0.0996. The van der Waals surface area contributed by atoms with Crippen LogP contribution in [0.2, 0.25) is 5.02 Å². The van der Waals surface area contributed by atoms with Gasteiger partial charge in [0, 0.05) is 36.6 Å². The topological polar surface area (TPSA) is 41.4 Å². The number of carbonyl (C=O) groups is 1. The van der Waals surface area contributed by atoms with Gasteiger partial charge >= 0.3 is 0 Å². The normalized spacial score (nSPS) is 15.2. The Kier molecular flexibility index (Phi) is 6.55. The molecule has 1 amide bonds. The number of hydrogen-bond acceptors (Lipinski definition) is 4. The summed E-state index contributed by atoms with van der Waals surface area (Å²) >= 11 is 7.70. The van der Waals surface area contributed by atoms with Gasteiger partial charge in [-0.3, -0.25) is 9.69 Å². The third kappa shape index (κ3) is 4.68. The fourth-order valence-corrected chi connectivity index (χ4v) is 6.41. The first-order valence-corrected chi connectivity index (χ1v) is 13.7. The molecule has 0 N–H and O–H groups in total. The van der Waals surface area contributed by atoms with Crippen LogP contribution in [0, 0.1) is 6.92 Å². The van der Waals surface area contributed by atoms with Crippen LogP contribution < -0.4 is 0 Å². The summed E-state index contributed by atoms with van der Waals surface area (Å²) in [5, 5.41) is 6.49. The highest BCUT2D eigenvalue weighted by molar-refractivity contribution is 7.20. The van der Waals surface area contributed by atoms with Crippen LogP contribution in [0.4, 0.5) is 0 Å². The molecule has 0 saturated carbocycles. The van der Waals surface area contributed by atoms with E-state index in [1.165, 1.54) is 22.5 Å². The van der Waals surface area contributed by atoms with Gasteiger partial charge in [0.25, 0.3) is 5.91 Å². The van der Waals surface area contributed by atoms with Crippen molar-refractivity contribution in [3.05, 3.63) is 118 Å². The molecule has 1 unspecified atom stereocenters. The van der Waals surface area contributed by atoms with Crippen LogP contribution in [-0.4, -0.2) is 51.7 Å². The molecule has 0 spiro atoms. The average molecular weight is 527 g/mol. The molecule has 6 rings (SSSR count). The highest BCUT2D eigenvalue weighted by Gasteiger charge is 2.29. The highest BCUT2D eigenvalue weighted by atomic mass is 35.5. The van der Waals surface area contributed by atoms with E-state index in [1.807, 2.05) is 71.1 Å². The van der Waals surface area contributed by atoms with E-state index in [1.54, 1.807) is 0 Å². The van der Waals surface area contributed by atoms with Crippen molar-refractivity contribution < 1.29 is 4.79 Å². The van der Waals surface area contributed by atoms with E-state index in [0.29, 0.717) is 13.1 Å². The number of fused-ring (bicyclic) bond motifs is 1. The molecule has 5 nitrogen and oxygen atoms in total. The molecule has 5 aromatic rings. The molecule has 3 aromatic carbocycles. The molecule has 37 heavy (non-hydrogen) atoms. The molecule has 1 aliphatic heterocycles. The van der Waals surface area contributed by atoms with E-state index in [9.17, 15) is 4.79 Å². The largest absolute Gasteiger partial charge is 0.335 e. The highest BCUT2D eigenvalue weighted by Crippen LogP contribution is 2.33. The molecule has 1 aliphatic rings. The summed E-state index contributed by atoms with van der Waals surface area (Å²) in [6.07, 6.45) is 0. The second kappa shape index (κ2) is 10.1. The summed E-state index contributed by atoms with van der Waals surface area (Å²) in [5.41, 5.74) is 4.40. The van der Waals surface area contributed by atoms with Gasteiger partial charge in [-0.2, -0.15) is 5.10 Å². The number of hydrogen-bond donors (Lipinski definition) is 0. The number of aryl methyl sites for hydroxylation is 1. The van der Waals surface area contributed by atoms with Crippen LogP contribution in [0.15, 0.2) is 91.0 Å². The van der Waals surface area contributed by atoms with Crippen molar-refractivity contribution in [2.75, 3.05) is 26.2 Å². The number of aromatic nitrogens is 2. The number of thiophene rings is 1. The van der Waals surface area contributed by atoms with E-state index >= 15 is 0 Å². The second-order valence-corrected chi connectivity index (χ2v) is 10.8. The molecular formula is C30H27ClN4OS. The Labute approximate surface area is 225 Å². The third-order valence-corrected chi connectivity index (χ3v) is 8.37. The van der Waals surface area contributed by atoms with Gasteiger partial charge in [0.2, 0.25) is 0 Å².